The molecule has 1 fully saturated rings. The van der Waals surface area contributed by atoms with Gasteiger partial charge in [-0.15, -0.1) is 24.2 Å². The Morgan fingerprint density at radius 2 is 2.00 bits per heavy atom. The number of halogens is 1. The van der Waals surface area contributed by atoms with Crippen LogP contribution in [0.1, 0.15) is 0 Å². The highest BCUT2D eigenvalue weighted by molar-refractivity contribution is 7.98. The van der Waals surface area contributed by atoms with Gasteiger partial charge in [-0.2, -0.15) is 4.31 Å². The number of thioether (sulfide) groups is 1. The Kier molecular flexibility index (Phi) is 7.82. The Morgan fingerprint density at radius 3 is 2.61 bits per heavy atom. The number of amides is 1. The Labute approximate surface area is 148 Å². The van der Waals surface area contributed by atoms with Crippen LogP contribution >= 0.6 is 24.2 Å². The number of hydrogen-bond acceptors (Lipinski definition) is 5. The molecule has 0 saturated carbocycles. The average Bonchev–Trinajstić information content (AvgIpc) is 2.55. The number of benzene rings is 1. The van der Waals surface area contributed by atoms with Crippen LogP contribution in [0.25, 0.3) is 0 Å². The van der Waals surface area contributed by atoms with E-state index in [1.807, 2.05) is 12.3 Å². The van der Waals surface area contributed by atoms with Crippen molar-refractivity contribution >= 4 is 40.1 Å². The summed E-state index contributed by atoms with van der Waals surface area (Å²) in [5, 5.41) is 3.16. The standard InChI is InChI=1S/C14H21N3O3S2.ClH/c1-16(11-14(18)17-8-6-15-7-9-17)22(19,20)13-5-3-4-12(10-13)21-2;/h3-5,10,15H,6-9,11H2,1-2H3;1H. The van der Waals surface area contributed by atoms with Gasteiger partial charge in [0.25, 0.3) is 0 Å². The van der Waals surface area contributed by atoms with Gasteiger partial charge in [0.15, 0.2) is 0 Å². The first-order valence-electron chi connectivity index (χ1n) is 7.04. The monoisotopic (exact) mass is 379 g/mol. The second kappa shape index (κ2) is 8.89. The van der Waals surface area contributed by atoms with Crippen LogP contribution in [0.15, 0.2) is 34.1 Å². The number of piperazine rings is 1. The van der Waals surface area contributed by atoms with Gasteiger partial charge in [0.2, 0.25) is 15.9 Å². The van der Waals surface area contributed by atoms with Crippen molar-refractivity contribution < 1.29 is 13.2 Å². The lowest BCUT2D eigenvalue weighted by molar-refractivity contribution is -0.131. The maximum Gasteiger partial charge on any atom is 0.243 e. The Bertz CT molecular complexity index is 634. The van der Waals surface area contributed by atoms with Crippen LogP contribution in [-0.4, -0.2) is 69.6 Å². The zero-order valence-electron chi connectivity index (χ0n) is 13.2. The fraction of sp³-hybridized carbons (Fsp3) is 0.500. The van der Waals surface area contributed by atoms with Crippen molar-refractivity contribution in [1.29, 1.82) is 0 Å². The second-order valence-corrected chi connectivity index (χ2v) is 8.00. The van der Waals surface area contributed by atoms with Crippen LogP contribution in [0.5, 0.6) is 0 Å². The highest BCUT2D eigenvalue weighted by Gasteiger charge is 2.25. The van der Waals surface area contributed by atoms with Gasteiger partial charge >= 0.3 is 0 Å². The first-order chi connectivity index (χ1) is 10.4. The quantitative estimate of drug-likeness (QED) is 0.769. The molecule has 1 saturated heterocycles. The summed E-state index contributed by atoms with van der Waals surface area (Å²) in [7, 11) is -2.20. The normalized spacial score (nSPS) is 15.3. The number of nitrogens with zero attached hydrogens (tertiary/aromatic N) is 2. The summed E-state index contributed by atoms with van der Waals surface area (Å²) in [6, 6.07) is 6.76. The minimum Gasteiger partial charge on any atom is -0.339 e. The molecule has 9 heteroatoms. The molecule has 1 aliphatic heterocycles. The maximum absolute atomic E-state index is 12.6. The van der Waals surface area contributed by atoms with E-state index in [9.17, 15) is 13.2 Å². The molecule has 1 aromatic rings. The van der Waals surface area contributed by atoms with E-state index in [1.54, 1.807) is 23.1 Å². The summed E-state index contributed by atoms with van der Waals surface area (Å²) in [6.07, 6.45) is 1.89. The SMILES string of the molecule is CSc1cccc(S(=O)(=O)N(C)CC(=O)N2CCNCC2)c1.Cl. The number of sulfonamides is 1. The van der Waals surface area contributed by atoms with E-state index in [2.05, 4.69) is 5.32 Å². The number of carbonyl (C=O) groups excluding carboxylic acids is 1. The predicted octanol–water partition coefficient (Wildman–Crippen LogP) is 0.883. The van der Waals surface area contributed by atoms with Crippen molar-refractivity contribution in [3.63, 3.8) is 0 Å². The minimum atomic E-state index is -3.65. The van der Waals surface area contributed by atoms with Crippen LogP contribution in [0.3, 0.4) is 0 Å². The summed E-state index contributed by atoms with van der Waals surface area (Å²) >= 11 is 1.48. The number of nitrogens with one attached hydrogen (secondary N) is 1. The fourth-order valence-electron chi connectivity index (χ4n) is 2.23. The van der Waals surface area contributed by atoms with Crippen molar-refractivity contribution in [1.82, 2.24) is 14.5 Å². The van der Waals surface area contributed by atoms with Crippen LogP contribution in [0.2, 0.25) is 0 Å². The number of hydrogen-bond donors (Lipinski definition) is 1. The van der Waals surface area contributed by atoms with Crippen molar-refractivity contribution in [3.05, 3.63) is 24.3 Å². The van der Waals surface area contributed by atoms with Gasteiger partial charge in [-0.05, 0) is 24.5 Å². The summed E-state index contributed by atoms with van der Waals surface area (Å²) in [5.41, 5.74) is 0. The largest absolute Gasteiger partial charge is 0.339 e. The Balaban J connectivity index is 0.00000264. The lowest BCUT2D eigenvalue weighted by atomic mass is 10.3. The zero-order valence-corrected chi connectivity index (χ0v) is 15.6. The number of rotatable bonds is 5. The van der Waals surface area contributed by atoms with Gasteiger partial charge in [-0.25, -0.2) is 8.42 Å². The van der Waals surface area contributed by atoms with Gasteiger partial charge in [-0.3, -0.25) is 4.79 Å². The molecule has 1 N–H and O–H groups in total. The van der Waals surface area contributed by atoms with Crippen LogP contribution in [-0.2, 0) is 14.8 Å². The summed E-state index contributed by atoms with van der Waals surface area (Å²) in [5.74, 6) is -0.159. The van der Waals surface area contributed by atoms with Crippen LogP contribution in [0, 0.1) is 0 Å². The summed E-state index contributed by atoms with van der Waals surface area (Å²) in [6.45, 7) is 2.60. The molecule has 1 aromatic carbocycles. The molecule has 0 atom stereocenters. The third-order valence-corrected chi connectivity index (χ3v) is 6.10. The molecule has 1 heterocycles. The third kappa shape index (κ3) is 5.09. The predicted molar refractivity (Wildman–Crippen MR) is 94.7 cm³/mol. The summed E-state index contributed by atoms with van der Waals surface area (Å²) < 4.78 is 26.2. The topological polar surface area (TPSA) is 69.7 Å². The van der Waals surface area contributed by atoms with Gasteiger partial charge < -0.3 is 10.2 Å². The van der Waals surface area contributed by atoms with Gasteiger partial charge in [0, 0.05) is 38.1 Å². The van der Waals surface area contributed by atoms with E-state index in [0.717, 1.165) is 22.3 Å². The smallest absolute Gasteiger partial charge is 0.243 e. The first-order valence-corrected chi connectivity index (χ1v) is 9.70. The molecular formula is C14H22ClN3O3S2. The molecule has 1 aliphatic rings. The van der Waals surface area contributed by atoms with Crippen molar-refractivity contribution in [2.24, 2.45) is 0 Å². The molecule has 1 amide bonds. The second-order valence-electron chi connectivity index (χ2n) is 5.07. The molecule has 0 spiro atoms. The molecule has 0 unspecified atom stereocenters. The van der Waals surface area contributed by atoms with Crippen molar-refractivity contribution in [3.8, 4) is 0 Å². The van der Waals surface area contributed by atoms with E-state index in [0.29, 0.717) is 13.1 Å². The van der Waals surface area contributed by atoms with Gasteiger partial charge in [0.05, 0.1) is 11.4 Å². The lowest BCUT2D eigenvalue weighted by Crippen LogP contribution is -2.49. The third-order valence-electron chi connectivity index (χ3n) is 3.58. The molecule has 2 rings (SSSR count). The van der Waals surface area contributed by atoms with Crippen molar-refractivity contribution in [2.45, 2.75) is 9.79 Å². The van der Waals surface area contributed by atoms with Crippen molar-refractivity contribution in [2.75, 3.05) is 46.0 Å². The molecule has 23 heavy (non-hydrogen) atoms. The van der Waals surface area contributed by atoms with Gasteiger partial charge in [0.1, 0.15) is 0 Å². The van der Waals surface area contributed by atoms with E-state index in [-0.39, 0.29) is 29.8 Å². The van der Waals surface area contributed by atoms with E-state index < -0.39 is 10.0 Å². The molecule has 0 radical (unpaired) electrons. The molecule has 0 bridgehead atoms. The highest BCUT2D eigenvalue weighted by Crippen LogP contribution is 2.21. The fourth-order valence-corrected chi connectivity index (χ4v) is 3.93. The first kappa shape index (κ1) is 20.2. The zero-order chi connectivity index (χ0) is 16.2. The molecule has 0 aromatic heterocycles. The summed E-state index contributed by atoms with van der Waals surface area (Å²) in [4.78, 5) is 15.0. The minimum absolute atomic E-state index is 0. The average molecular weight is 380 g/mol. The lowest BCUT2D eigenvalue weighted by Gasteiger charge is -2.29. The molecule has 0 aliphatic carbocycles. The molecular weight excluding hydrogens is 358 g/mol. The van der Waals surface area contributed by atoms with E-state index >= 15 is 0 Å². The van der Waals surface area contributed by atoms with Gasteiger partial charge in [-0.1, -0.05) is 6.07 Å². The van der Waals surface area contributed by atoms with E-state index in [4.69, 9.17) is 0 Å². The maximum atomic E-state index is 12.6. The number of likely N-dealkylation sites (N-methyl/N-ethyl adjacent to an activating group) is 1. The highest BCUT2D eigenvalue weighted by atomic mass is 35.5. The van der Waals surface area contributed by atoms with E-state index in [1.165, 1.54) is 18.8 Å². The van der Waals surface area contributed by atoms with Crippen LogP contribution < -0.4 is 5.32 Å². The molecule has 6 nitrogen and oxygen atoms in total. The number of carbonyl (C=O) groups is 1. The molecule has 130 valence electrons. The Hall–Kier alpha value is -0.800. The van der Waals surface area contributed by atoms with Crippen LogP contribution in [0.4, 0.5) is 0 Å². The Morgan fingerprint density at radius 1 is 1.35 bits per heavy atom.